The summed E-state index contributed by atoms with van der Waals surface area (Å²) in [6.07, 6.45) is -4.54. The van der Waals surface area contributed by atoms with Gasteiger partial charge < -0.3 is 10.0 Å². The fraction of sp³-hybridized carbons (Fsp3) is 0.778. The highest BCUT2D eigenvalue weighted by Gasteiger charge is 2.47. The van der Waals surface area contributed by atoms with E-state index in [-0.39, 0.29) is 18.9 Å². The molecular formula is C9H12F3NO3. The average molecular weight is 239 g/mol. The number of piperidine rings is 1. The van der Waals surface area contributed by atoms with Crippen molar-refractivity contribution in [2.75, 3.05) is 6.54 Å². The van der Waals surface area contributed by atoms with Crippen LogP contribution in [-0.4, -0.2) is 40.6 Å². The number of alkyl halides is 3. The van der Waals surface area contributed by atoms with Crippen LogP contribution in [0.1, 0.15) is 19.8 Å². The summed E-state index contributed by atoms with van der Waals surface area (Å²) in [6, 6.07) is -1.36. The molecule has 1 heterocycles. The molecule has 2 atom stereocenters. The van der Waals surface area contributed by atoms with Gasteiger partial charge in [-0.3, -0.25) is 4.79 Å². The highest BCUT2D eigenvalue weighted by molar-refractivity contribution is 5.87. The van der Waals surface area contributed by atoms with Gasteiger partial charge in [-0.25, -0.2) is 4.79 Å². The van der Waals surface area contributed by atoms with Gasteiger partial charge in [0.1, 0.15) is 6.04 Å². The molecule has 4 nitrogen and oxygen atoms in total. The van der Waals surface area contributed by atoms with Gasteiger partial charge in [0.25, 0.3) is 0 Å². The second kappa shape index (κ2) is 4.31. The highest BCUT2D eigenvalue weighted by Crippen LogP contribution is 2.27. The second-order valence-electron chi connectivity index (χ2n) is 3.98. The molecule has 0 saturated carbocycles. The highest BCUT2D eigenvalue weighted by atomic mass is 19.4. The van der Waals surface area contributed by atoms with Gasteiger partial charge in [0.15, 0.2) is 0 Å². The standard InChI is InChI=1S/C9H12F3NO3/c1-5-2-3-13(6(4-5)7(14)15)8(16)9(10,11)12/h5-6H,2-4H2,1H3,(H,14,15)/t5-,6-/m1/s1. The molecule has 0 aromatic rings. The molecule has 0 radical (unpaired) electrons. The molecular weight excluding hydrogens is 227 g/mol. The number of carbonyl (C=O) groups excluding carboxylic acids is 1. The zero-order valence-electron chi connectivity index (χ0n) is 8.62. The molecule has 0 aromatic carbocycles. The van der Waals surface area contributed by atoms with Crippen LogP contribution in [0, 0.1) is 5.92 Å². The molecule has 1 fully saturated rings. The lowest BCUT2D eigenvalue weighted by molar-refractivity contribution is -0.191. The monoisotopic (exact) mass is 239 g/mol. The molecule has 1 saturated heterocycles. The van der Waals surface area contributed by atoms with E-state index in [1.807, 2.05) is 0 Å². The van der Waals surface area contributed by atoms with Crippen molar-refractivity contribution < 1.29 is 27.9 Å². The topological polar surface area (TPSA) is 57.6 Å². The molecule has 0 spiro atoms. The van der Waals surface area contributed by atoms with Crippen LogP contribution in [0.3, 0.4) is 0 Å². The third-order valence-electron chi connectivity index (χ3n) is 2.65. The first-order valence-corrected chi connectivity index (χ1v) is 4.84. The van der Waals surface area contributed by atoms with E-state index >= 15 is 0 Å². The van der Waals surface area contributed by atoms with Gasteiger partial charge in [0, 0.05) is 6.54 Å². The van der Waals surface area contributed by atoms with E-state index in [4.69, 9.17) is 5.11 Å². The lowest BCUT2D eigenvalue weighted by Gasteiger charge is -2.36. The third-order valence-corrected chi connectivity index (χ3v) is 2.65. The van der Waals surface area contributed by atoms with Gasteiger partial charge in [-0.2, -0.15) is 13.2 Å². The summed E-state index contributed by atoms with van der Waals surface area (Å²) in [4.78, 5) is 22.2. The molecule has 92 valence electrons. The predicted molar refractivity (Wildman–Crippen MR) is 47.6 cm³/mol. The maximum absolute atomic E-state index is 12.2. The number of likely N-dealkylation sites (tertiary alicyclic amines) is 1. The number of carbonyl (C=O) groups is 2. The summed E-state index contributed by atoms with van der Waals surface area (Å²) in [7, 11) is 0. The summed E-state index contributed by atoms with van der Waals surface area (Å²) in [6.45, 7) is 1.60. The molecule has 0 bridgehead atoms. The number of amides is 1. The van der Waals surface area contributed by atoms with E-state index in [0.29, 0.717) is 11.3 Å². The Hall–Kier alpha value is -1.27. The SMILES string of the molecule is C[C@@H]1CCN(C(=O)C(F)(F)F)[C@@H](C(=O)O)C1. The summed E-state index contributed by atoms with van der Waals surface area (Å²) >= 11 is 0. The zero-order valence-corrected chi connectivity index (χ0v) is 8.62. The molecule has 1 aliphatic rings. The average Bonchev–Trinajstić information content (AvgIpc) is 2.15. The molecule has 16 heavy (non-hydrogen) atoms. The van der Waals surface area contributed by atoms with Crippen molar-refractivity contribution >= 4 is 11.9 Å². The first-order valence-electron chi connectivity index (χ1n) is 4.84. The Morgan fingerprint density at radius 2 is 1.94 bits per heavy atom. The Kier molecular flexibility index (Phi) is 3.44. The quantitative estimate of drug-likeness (QED) is 0.749. The van der Waals surface area contributed by atoms with E-state index in [2.05, 4.69) is 0 Å². The van der Waals surface area contributed by atoms with Crippen LogP contribution in [0.4, 0.5) is 13.2 Å². The van der Waals surface area contributed by atoms with Gasteiger partial charge in [0.2, 0.25) is 0 Å². The van der Waals surface area contributed by atoms with E-state index in [9.17, 15) is 22.8 Å². The number of carboxylic acids is 1. The Labute approximate surface area is 90.0 Å². The maximum Gasteiger partial charge on any atom is 0.471 e. The van der Waals surface area contributed by atoms with Crippen LogP contribution in [0.25, 0.3) is 0 Å². The van der Waals surface area contributed by atoms with Crippen molar-refractivity contribution in [3.8, 4) is 0 Å². The number of hydrogen-bond donors (Lipinski definition) is 1. The maximum atomic E-state index is 12.2. The van der Waals surface area contributed by atoms with Crippen molar-refractivity contribution in [1.29, 1.82) is 0 Å². The minimum atomic E-state index is -5.01. The van der Waals surface area contributed by atoms with Crippen LogP contribution in [-0.2, 0) is 9.59 Å². The number of carboxylic acid groups (broad SMARTS) is 1. The van der Waals surface area contributed by atoms with Crippen LogP contribution in [0.5, 0.6) is 0 Å². The Bertz CT molecular complexity index is 303. The fourth-order valence-corrected chi connectivity index (χ4v) is 1.78. The Morgan fingerprint density at radius 1 is 1.38 bits per heavy atom. The number of rotatable bonds is 1. The number of aliphatic carboxylic acids is 1. The van der Waals surface area contributed by atoms with E-state index in [1.54, 1.807) is 6.92 Å². The summed E-state index contributed by atoms with van der Waals surface area (Å²) in [5.74, 6) is -3.44. The lowest BCUT2D eigenvalue weighted by atomic mass is 9.92. The number of nitrogens with zero attached hydrogens (tertiary/aromatic N) is 1. The van der Waals surface area contributed by atoms with Crippen molar-refractivity contribution in [3.05, 3.63) is 0 Å². The summed E-state index contributed by atoms with van der Waals surface area (Å²) in [5.41, 5.74) is 0. The van der Waals surface area contributed by atoms with Crippen LogP contribution >= 0.6 is 0 Å². The Balaban J connectivity index is 2.85. The normalized spacial score (nSPS) is 26.6. The first kappa shape index (κ1) is 12.8. The van der Waals surface area contributed by atoms with E-state index in [0.717, 1.165) is 0 Å². The van der Waals surface area contributed by atoms with Crippen molar-refractivity contribution in [2.45, 2.75) is 32.0 Å². The zero-order chi connectivity index (χ0) is 12.5. The fourth-order valence-electron chi connectivity index (χ4n) is 1.78. The lowest BCUT2D eigenvalue weighted by Crippen LogP contribution is -2.53. The van der Waals surface area contributed by atoms with Gasteiger partial charge in [-0.05, 0) is 18.8 Å². The van der Waals surface area contributed by atoms with Crippen LogP contribution in [0.2, 0.25) is 0 Å². The van der Waals surface area contributed by atoms with E-state index in [1.165, 1.54) is 0 Å². The number of hydrogen-bond acceptors (Lipinski definition) is 2. The van der Waals surface area contributed by atoms with Crippen LogP contribution in [0.15, 0.2) is 0 Å². The van der Waals surface area contributed by atoms with Gasteiger partial charge in [-0.15, -0.1) is 0 Å². The molecule has 0 aliphatic carbocycles. The van der Waals surface area contributed by atoms with Crippen LogP contribution < -0.4 is 0 Å². The van der Waals surface area contributed by atoms with Gasteiger partial charge >= 0.3 is 18.1 Å². The van der Waals surface area contributed by atoms with E-state index < -0.39 is 24.1 Å². The molecule has 1 amide bonds. The summed E-state index contributed by atoms with van der Waals surface area (Å²) in [5, 5.41) is 8.78. The van der Waals surface area contributed by atoms with Crippen molar-refractivity contribution in [3.63, 3.8) is 0 Å². The van der Waals surface area contributed by atoms with Crippen molar-refractivity contribution in [2.24, 2.45) is 5.92 Å². The van der Waals surface area contributed by atoms with Crippen molar-refractivity contribution in [1.82, 2.24) is 4.90 Å². The molecule has 0 unspecified atom stereocenters. The number of halogens is 3. The minimum absolute atomic E-state index is 0.0124. The molecule has 1 aliphatic heterocycles. The smallest absolute Gasteiger partial charge is 0.471 e. The molecule has 1 N–H and O–H groups in total. The minimum Gasteiger partial charge on any atom is -0.480 e. The summed E-state index contributed by atoms with van der Waals surface area (Å²) < 4.78 is 36.6. The molecule has 7 heteroatoms. The predicted octanol–water partition coefficient (Wildman–Crippen LogP) is 1.26. The third kappa shape index (κ3) is 2.65. The molecule has 0 aromatic heterocycles. The molecule has 1 rings (SSSR count). The Morgan fingerprint density at radius 3 is 2.38 bits per heavy atom. The second-order valence-corrected chi connectivity index (χ2v) is 3.98. The largest absolute Gasteiger partial charge is 0.480 e. The first-order chi connectivity index (χ1) is 7.23. The van der Waals surface area contributed by atoms with Gasteiger partial charge in [0.05, 0.1) is 0 Å². The van der Waals surface area contributed by atoms with Gasteiger partial charge in [-0.1, -0.05) is 6.92 Å².